The number of rotatable bonds is 3. The Hall–Kier alpha value is -2.82. The molecule has 0 spiro atoms. The maximum absolute atomic E-state index is 12.3. The highest BCUT2D eigenvalue weighted by atomic mass is 16.3. The first-order valence-corrected chi connectivity index (χ1v) is 7.06. The zero-order valence-electron chi connectivity index (χ0n) is 12.5. The highest BCUT2D eigenvalue weighted by molar-refractivity contribution is 5.98. The first-order chi connectivity index (χ1) is 10.5. The van der Waals surface area contributed by atoms with Crippen molar-refractivity contribution in [1.29, 1.82) is 0 Å². The lowest BCUT2D eigenvalue weighted by molar-refractivity contribution is 0.0914. The summed E-state index contributed by atoms with van der Waals surface area (Å²) in [6.07, 6.45) is 1.76. The Morgan fingerprint density at radius 2 is 2.14 bits per heavy atom. The van der Waals surface area contributed by atoms with Crippen molar-refractivity contribution < 1.29 is 9.21 Å². The number of nitrogens with two attached hydrogens (primary N) is 1. The van der Waals surface area contributed by atoms with E-state index < -0.39 is 0 Å². The molecule has 112 valence electrons. The highest BCUT2D eigenvalue weighted by Gasteiger charge is 2.16. The fourth-order valence-electron chi connectivity index (χ4n) is 2.28. The summed E-state index contributed by atoms with van der Waals surface area (Å²) in [6.45, 7) is 3.83. The minimum atomic E-state index is -0.274. The summed E-state index contributed by atoms with van der Waals surface area (Å²) in [5.41, 5.74) is 8.78. The zero-order chi connectivity index (χ0) is 15.7. The van der Waals surface area contributed by atoms with E-state index in [0.717, 1.165) is 16.6 Å². The van der Waals surface area contributed by atoms with E-state index in [2.05, 4.69) is 10.3 Å². The molecule has 2 heterocycles. The molecule has 0 saturated carbocycles. The normalized spacial score (nSPS) is 12.3. The number of furan rings is 1. The van der Waals surface area contributed by atoms with Gasteiger partial charge in [0.2, 0.25) is 0 Å². The zero-order valence-corrected chi connectivity index (χ0v) is 12.5. The van der Waals surface area contributed by atoms with E-state index in [9.17, 15) is 4.79 Å². The summed E-state index contributed by atoms with van der Waals surface area (Å²) in [4.78, 5) is 16.5. The van der Waals surface area contributed by atoms with E-state index in [4.69, 9.17) is 10.2 Å². The van der Waals surface area contributed by atoms with Crippen LogP contribution in [0.5, 0.6) is 0 Å². The molecule has 0 aliphatic rings. The smallest absolute Gasteiger partial charge is 0.287 e. The van der Waals surface area contributed by atoms with Gasteiger partial charge in [0.15, 0.2) is 11.3 Å². The number of pyridine rings is 1. The molecule has 3 rings (SSSR count). The number of fused-ring (bicyclic) bond motifs is 1. The van der Waals surface area contributed by atoms with Gasteiger partial charge >= 0.3 is 0 Å². The average Bonchev–Trinajstić information content (AvgIpc) is 2.93. The number of aromatic nitrogens is 1. The third-order valence-electron chi connectivity index (χ3n) is 3.58. The van der Waals surface area contributed by atoms with E-state index in [1.54, 1.807) is 18.3 Å². The minimum Gasteiger partial charge on any atom is -0.449 e. The van der Waals surface area contributed by atoms with Crippen LogP contribution in [0.15, 0.2) is 47.0 Å². The Kier molecular flexibility index (Phi) is 3.55. The largest absolute Gasteiger partial charge is 0.449 e. The number of amides is 1. The Morgan fingerprint density at radius 3 is 2.82 bits per heavy atom. The topological polar surface area (TPSA) is 81.2 Å². The molecule has 3 N–H and O–H groups in total. The predicted molar refractivity (Wildman–Crippen MR) is 85.5 cm³/mol. The quantitative estimate of drug-likeness (QED) is 0.727. The Bertz CT molecular complexity index is 822. The first kappa shape index (κ1) is 14.1. The molecule has 1 atom stereocenters. The lowest BCUT2D eigenvalue weighted by atomic mass is 10.1. The van der Waals surface area contributed by atoms with Gasteiger partial charge < -0.3 is 15.5 Å². The molecule has 2 aromatic heterocycles. The third kappa shape index (κ3) is 2.65. The molecule has 5 nitrogen and oxygen atoms in total. The van der Waals surface area contributed by atoms with Gasteiger partial charge in [-0.15, -0.1) is 0 Å². The summed E-state index contributed by atoms with van der Waals surface area (Å²) in [7, 11) is 0. The number of nitrogens with one attached hydrogen (secondary N) is 1. The van der Waals surface area contributed by atoms with Crippen molar-refractivity contribution >= 4 is 22.6 Å². The van der Waals surface area contributed by atoms with E-state index >= 15 is 0 Å². The molecule has 0 radical (unpaired) electrons. The van der Waals surface area contributed by atoms with Crippen LogP contribution >= 0.6 is 0 Å². The summed E-state index contributed by atoms with van der Waals surface area (Å²) >= 11 is 0. The maximum Gasteiger partial charge on any atom is 0.287 e. The molecule has 5 heteroatoms. The molecule has 0 fully saturated rings. The fourth-order valence-corrected chi connectivity index (χ4v) is 2.28. The summed E-state index contributed by atoms with van der Waals surface area (Å²) in [5, 5.41) is 3.71. The van der Waals surface area contributed by atoms with Crippen LogP contribution in [0, 0.1) is 6.92 Å². The fraction of sp³-hybridized carbons (Fsp3) is 0.176. The molecule has 1 amide bonds. The van der Waals surface area contributed by atoms with Gasteiger partial charge in [0.25, 0.3) is 5.91 Å². The molecule has 1 aromatic carbocycles. The number of anilines is 1. The van der Waals surface area contributed by atoms with Crippen LogP contribution in [-0.2, 0) is 0 Å². The summed E-state index contributed by atoms with van der Waals surface area (Å²) < 4.78 is 5.56. The highest BCUT2D eigenvalue weighted by Crippen LogP contribution is 2.25. The Labute approximate surface area is 128 Å². The van der Waals surface area contributed by atoms with Gasteiger partial charge in [0, 0.05) is 17.3 Å². The van der Waals surface area contributed by atoms with Crippen LogP contribution < -0.4 is 11.1 Å². The van der Waals surface area contributed by atoms with Crippen molar-refractivity contribution in [3.8, 4) is 0 Å². The average molecular weight is 295 g/mol. The van der Waals surface area contributed by atoms with Gasteiger partial charge in [0.1, 0.15) is 0 Å². The van der Waals surface area contributed by atoms with Gasteiger partial charge in [0.05, 0.1) is 11.7 Å². The van der Waals surface area contributed by atoms with Crippen LogP contribution in [0.25, 0.3) is 11.0 Å². The number of carbonyl (C=O) groups excluding carboxylic acids is 1. The Balaban J connectivity index is 1.80. The van der Waals surface area contributed by atoms with E-state index in [1.807, 2.05) is 38.1 Å². The van der Waals surface area contributed by atoms with Crippen LogP contribution in [0.3, 0.4) is 0 Å². The van der Waals surface area contributed by atoms with E-state index in [0.29, 0.717) is 11.3 Å². The van der Waals surface area contributed by atoms with Crippen molar-refractivity contribution in [1.82, 2.24) is 10.3 Å². The number of nitrogens with zero attached hydrogens (tertiary/aromatic N) is 1. The molecule has 1 unspecified atom stereocenters. The molecule has 0 aliphatic heterocycles. The number of hydrogen-bond donors (Lipinski definition) is 2. The number of nitrogen functional groups attached to an aromatic ring is 1. The minimum absolute atomic E-state index is 0.161. The van der Waals surface area contributed by atoms with Crippen LogP contribution in [-0.4, -0.2) is 10.9 Å². The second-order valence-corrected chi connectivity index (χ2v) is 5.30. The van der Waals surface area contributed by atoms with E-state index in [-0.39, 0.29) is 17.7 Å². The number of benzene rings is 1. The lowest BCUT2D eigenvalue weighted by Gasteiger charge is -2.13. The van der Waals surface area contributed by atoms with Gasteiger partial charge in [-0.1, -0.05) is 18.2 Å². The molecule has 22 heavy (non-hydrogen) atoms. The van der Waals surface area contributed by atoms with Gasteiger partial charge in [-0.3, -0.25) is 9.78 Å². The molecule has 0 bridgehead atoms. The lowest BCUT2D eigenvalue weighted by Crippen LogP contribution is -2.26. The van der Waals surface area contributed by atoms with Crippen molar-refractivity contribution in [2.45, 2.75) is 19.9 Å². The van der Waals surface area contributed by atoms with Crippen molar-refractivity contribution in [3.05, 3.63) is 59.6 Å². The Morgan fingerprint density at radius 1 is 1.32 bits per heavy atom. The van der Waals surface area contributed by atoms with Crippen LogP contribution in [0.1, 0.15) is 34.8 Å². The third-order valence-corrected chi connectivity index (χ3v) is 3.58. The van der Waals surface area contributed by atoms with Gasteiger partial charge in [-0.05, 0) is 37.6 Å². The number of carbonyl (C=O) groups is 1. The van der Waals surface area contributed by atoms with Crippen LogP contribution in [0.2, 0.25) is 0 Å². The predicted octanol–water partition coefficient (Wildman–Crippen LogP) is 3.21. The van der Waals surface area contributed by atoms with E-state index in [1.165, 1.54) is 0 Å². The number of para-hydroxylation sites is 1. The second kappa shape index (κ2) is 5.52. The molecular formula is C17H17N3O2. The maximum atomic E-state index is 12.3. The number of aryl methyl sites for hydroxylation is 1. The van der Waals surface area contributed by atoms with Gasteiger partial charge in [-0.2, -0.15) is 0 Å². The monoisotopic (exact) mass is 295 g/mol. The van der Waals surface area contributed by atoms with Crippen LogP contribution in [0.4, 0.5) is 5.69 Å². The summed E-state index contributed by atoms with van der Waals surface area (Å²) in [5.74, 6) is -0.0245. The number of hydrogen-bond acceptors (Lipinski definition) is 4. The molecular weight excluding hydrogens is 278 g/mol. The second-order valence-electron chi connectivity index (χ2n) is 5.30. The molecule has 3 aromatic rings. The van der Waals surface area contributed by atoms with Crippen molar-refractivity contribution in [2.24, 2.45) is 0 Å². The molecule has 0 saturated heterocycles. The van der Waals surface area contributed by atoms with Crippen molar-refractivity contribution in [2.75, 3.05) is 5.73 Å². The summed E-state index contributed by atoms with van der Waals surface area (Å²) in [6, 6.07) is 10.8. The molecule has 0 aliphatic carbocycles. The van der Waals surface area contributed by atoms with Gasteiger partial charge in [-0.25, -0.2) is 0 Å². The van der Waals surface area contributed by atoms with Crippen molar-refractivity contribution in [3.63, 3.8) is 0 Å². The SMILES string of the molecule is Cc1ccc(C(C)NC(=O)c2cc3cccc(N)c3o2)cn1. The first-order valence-electron chi connectivity index (χ1n) is 7.06. The standard InChI is InChI=1S/C17H17N3O2/c1-10-6-7-13(9-19-10)11(2)20-17(21)15-8-12-4-3-5-14(18)16(12)22-15/h3-9,11H,18H2,1-2H3,(H,20,21).